The summed E-state index contributed by atoms with van der Waals surface area (Å²) in [5.74, 6) is -0.828. The molecule has 8 heteroatoms. The van der Waals surface area contributed by atoms with Crippen LogP contribution in [0, 0.1) is 0 Å². The first-order valence-corrected chi connectivity index (χ1v) is 8.00. The summed E-state index contributed by atoms with van der Waals surface area (Å²) in [4.78, 5) is 35.6. The predicted octanol–water partition coefficient (Wildman–Crippen LogP) is 2.63. The van der Waals surface area contributed by atoms with Crippen molar-refractivity contribution in [1.82, 2.24) is 10.6 Å². The highest BCUT2D eigenvalue weighted by atomic mass is 79.9. The van der Waals surface area contributed by atoms with Crippen molar-refractivity contribution < 1.29 is 23.9 Å². The van der Waals surface area contributed by atoms with Gasteiger partial charge in [0, 0.05) is 5.54 Å². The van der Waals surface area contributed by atoms with Crippen LogP contribution in [0.4, 0.5) is 4.79 Å². The number of urea groups is 1. The summed E-state index contributed by atoms with van der Waals surface area (Å²) < 4.78 is 10.7. The Labute approximate surface area is 149 Å². The summed E-state index contributed by atoms with van der Waals surface area (Å²) in [6.07, 6.45) is -1.12. The van der Waals surface area contributed by atoms with E-state index in [1.54, 1.807) is 26.8 Å². The number of ether oxygens (including phenoxy) is 2. The molecule has 0 unspecified atom stereocenters. The third-order valence-electron chi connectivity index (χ3n) is 2.77. The van der Waals surface area contributed by atoms with E-state index in [0.29, 0.717) is 10.2 Å². The summed E-state index contributed by atoms with van der Waals surface area (Å²) in [7, 11) is 1.51. The molecule has 0 saturated heterocycles. The number of carbonyl (C=O) groups excluding carboxylic acids is 3. The van der Waals surface area contributed by atoms with Gasteiger partial charge in [-0.05, 0) is 61.8 Å². The number of carbonyl (C=O) groups is 3. The number of esters is 1. The summed E-state index contributed by atoms with van der Waals surface area (Å²) in [6, 6.07) is 3.99. The van der Waals surface area contributed by atoms with E-state index >= 15 is 0 Å². The van der Waals surface area contributed by atoms with Crippen molar-refractivity contribution in [2.24, 2.45) is 0 Å². The Balaban J connectivity index is 2.64. The van der Waals surface area contributed by atoms with Crippen LogP contribution >= 0.6 is 15.9 Å². The second-order valence-electron chi connectivity index (χ2n) is 6.09. The molecule has 0 heterocycles. The number of hydrogen-bond donors (Lipinski definition) is 2. The molecule has 1 aromatic rings. The zero-order valence-corrected chi connectivity index (χ0v) is 15.8. The molecular weight excluding hydrogens is 380 g/mol. The predicted molar refractivity (Wildman–Crippen MR) is 92.0 cm³/mol. The first-order valence-electron chi connectivity index (χ1n) is 7.21. The van der Waals surface area contributed by atoms with Gasteiger partial charge in [-0.3, -0.25) is 10.1 Å². The molecule has 0 spiro atoms. The smallest absolute Gasteiger partial charge is 0.338 e. The van der Waals surface area contributed by atoms with Crippen LogP contribution in [0.1, 0.15) is 38.1 Å². The van der Waals surface area contributed by atoms with E-state index < -0.39 is 29.6 Å². The zero-order chi connectivity index (χ0) is 18.5. The quantitative estimate of drug-likeness (QED) is 0.757. The Morgan fingerprint density at radius 2 is 1.83 bits per heavy atom. The highest BCUT2D eigenvalue weighted by molar-refractivity contribution is 9.10. The number of halogens is 1. The second kappa shape index (κ2) is 8.14. The lowest BCUT2D eigenvalue weighted by Gasteiger charge is -2.21. The van der Waals surface area contributed by atoms with E-state index in [9.17, 15) is 14.4 Å². The molecule has 1 rings (SSSR count). The normalized spacial score (nSPS) is 12.1. The summed E-state index contributed by atoms with van der Waals surface area (Å²) in [5, 5.41) is 4.71. The Morgan fingerprint density at radius 3 is 2.33 bits per heavy atom. The molecule has 1 aromatic carbocycles. The van der Waals surface area contributed by atoms with Gasteiger partial charge in [-0.1, -0.05) is 0 Å². The number of benzene rings is 1. The van der Waals surface area contributed by atoms with Crippen LogP contribution in [0.5, 0.6) is 5.75 Å². The molecule has 0 fully saturated rings. The van der Waals surface area contributed by atoms with Gasteiger partial charge >= 0.3 is 12.0 Å². The minimum Gasteiger partial charge on any atom is -0.496 e. The van der Waals surface area contributed by atoms with Crippen molar-refractivity contribution >= 4 is 33.8 Å². The van der Waals surface area contributed by atoms with Gasteiger partial charge in [0.2, 0.25) is 0 Å². The van der Waals surface area contributed by atoms with Crippen molar-refractivity contribution in [1.29, 1.82) is 0 Å². The molecule has 132 valence electrons. The minimum absolute atomic E-state index is 0.251. The number of rotatable bonds is 4. The molecule has 7 nitrogen and oxygen atoms in total. The van der Waals surface area contributed by atoms with Crippen molar-refractivity contribution in [2.45, 2.75) is 39.3 Å². The highest BCUT2D eigenvalue weighted by Gasteiger charge is 2.23. The fourth-order valence-corrected chi connectivity index (χ4v) is 2.20. The van der Waals surface area contributed by atoms with Crippen molar-refractivity contribution in [3.8, 4) is 5.75 Å². The van der Waals surface area contributed by atoms with Crippen LogP contribution in [-0.2, 0) is 9.53 Å². The molecule has 0 radical (unpaired) electrons. The third kappa shape index (κ3) is 6.19. The second-order valence-corrected chi connectivity index (χ2v) is 6.94. The van der Waals surface area contributed by atoms with Crippen LogP contribution in [0.15, 0.2) is 22.7 Å². The molecule has 0 aliphatic heterocycles. The van der Waals surface area contributed by atoms with E-state index in [1.165, 1.54) is 26.2 Å². The van der Waals surface area contributed by atoms with Crippen LogP contribution in [0.3, 0.4) is 0 Å². The van der Waals surface area contributed by atoms with Crippen LogP contribution in [0.25, 0.3) is 0 Å². The van der Waals surface area contributed by atoms with Crippen molar-refractivity contribution in [3.63, 3.8) is 0 Å². The number of methoxy groups -OCH3 is 1. The molecule has 1 atom stereocenters. The SMILES string of the molecule is COc1ccc(C(=O)O[C@@H](C)C(=O)NC(=O)NC(C)(C)C)cc1Br. The average molecular weight is 401 g/mol. The van der Waals surface area contributed by atoms with E-state index in [-0.39, 0.29) is 5.56 Å². The van der Waals surface area contributed by atoms with E-state index in [2.05, 4.69) is 26.6 Å². The molecule has 2 N–H and O–H groups in total. The number of imide groups is 1. The molecule has 0 aromatic heterocycles. The Kier molecular flexibility index (Phi) is 6.77. The largest absolute Gasteiger partial charge is 0.496 e. The summed E-state index contributed by atoms with van der Waals surface area (Å²) in [6.45, 7) is 6.72. The van der Waals surface area contributed by atoms with Gasteiger partial charge in [-0.2, -0.15) is 0 Å². The molecule has 0 bridgehead atoms. The van der Waals surface area contributed by atoms with Crippen molar-refractivity contribution in [3.05, 3.63) is 28.2 Å². The van der Waals surface area contributed by atoms with E-state index in [1.807, 2.05) is 0 Å². The average Bonchev–Trinajstić information content (AvgIpc) is 2.44. The van der Waals surface area contributed by atoms with Gasteiger partial charge in [-0.15, -0.1) is 0 Å². The molecule has 0 aliphatic rings. The topological polar surface area (TPSA) is 93.7 Å². The van der Waals surface area contributed by atoms with E-state index in [4.69, 9.17) is 9.47 Å². The standard InChI is InChI=1S/C16H21BrN2O5/c1-9(13(20)18-15(22)19-16(2,3)4)24-14(21)10-6-7-12(23-5)11(17)8-10/h6-9H,1-5H3,(H2,18,19,20,22)/t9-/m0/s1. The minimum atomic E-state index is -1.12. The number of amides is 3. The summed E-state index contributed by atoms with van der Waals surface area (Å²) in [5.41, 5.74) is -0.235. The monoisotopic (exact) mass is 400 g/mol. The van der Waals surface area contributed by atoms with Crippen LogP contribution in [0.2, 0.25) is 0 Å². The molecule has 0 aliphatic carbocycles. The summed E-state index contributed by atoms with van der Waals surface area (Å²) >= 11 is 3.27. The molecule has 3 amide bonds. The number of nitrogens with one attached hydrogen (secondary N) is 2. The first-order chi connectivity index (χ1) is 11.0. The Morgan fingerprint density at radius 1 is 1.21 bits per heavy atom. The number of hydrogen-bond acceptors (Lipinski definition) is 5. The lowest BCUT2D eigenvalue weighted by Crippen LogP contribution is -2.50. The third-order valence-corrected chi connectivity index (χ3v) is 3.39. The fraction of sp³-hybridized carbons (Fsp3) is 0.438. The van der Waals surface area contributed by atoms with Gasteiger partial charge in [-0.25, -0.2) is 9.59 Å². The van der Waals surface area contributed by atoms with Gasteiger partial charge in [0.25, 0.3) is 5.91 Å². The van der Waals surface area contributed by atoms with Crippen molar-refractivity contribution in [2.75, 3.05) is 7.11 Å². The van der Waals surface area contributed by atoms with Crippen LogP contribution < -0.4 is 15.4 Å². The lowest BCUT2D eigenvalue weighted by molar-refractivity contribution is -0.127. The lowest BCUT2D eigenvalue weighted by atomic mass is 10.1. The Hall–Kier alpha value is -2.09. The highest BCUT2D eigenvalue weighted by Crippen LogP contribution is 2.25. The maximum Gasteiger partial charge on any atom is 0.338 e. The fourth-order valence-electron chi connectivity index (χ4n) is 1.66. The van der Waals surface area contributed by atoms with Gasteiger partial charge in [0.1, 0.15) is 5.75 Å². The maximum atomic E-state index is 12.1. The van der Waals surface area contributed by atoms with Gasteiger partial charge < -0.3 is 14.8 Å². The molecular formula is C16H21BrN2O5. The Bertz CT molecular complexity index is 640. The van der Waals surface area contributed by atoms with E-state index in [0.717, 1.165) is 0 Å². The first kappa shape index (κ1) is 20.0. The van der Waals surface area contributed by atoms with Crippen LogP contribution in [-0.4, -0.2) is 36.7 Å². The molecule has 24 heavy (non-hydrogen) atoms. The van der Waals surface area contributed by atoms with Gasteiger partial charge in [0.15, 0.2) is 6.10 Å². The van der Waals surface area contributed by atoms with Gasteiger partial charge in [0.05, 0.1) is 17.1 Å². The zero-order valence-electron chi connectivity index (χ0n) is 14.2. The molecule has 0 saturated carbocycles. The maximum absolute atomic E-state index is 12.1.